The number of hydrogen-bond donors (Lipinski definition) is 0. The van der Waals surface area contributed by atoms with Crippen LogP contribution in [0.3, 0.4) is 0 Å². The number of benzene rings is 1. The molecule has 0 aliphatic carbocycles. The van der Waals surface area contributed by atoms with Crippen LogP contribution in [0.2, 0.25) is 0 Å². The van der Waals surface area contributed by atoms with Crippen molar-refractivity contribution >= 4 is 21.4 Å². The minimum atomic E-state index is -3.47. The molecular formula is C16H19NO4S2. The first-order valence-corrected chi connectivity index (χ1v) is 9.61. The van der Waals surface area contributed by atoms with Crippen molar-refractivity contribution in [1.82, 2.24) is 4.31 Å². The second kappa shape index (κ2) is 6.14. The molecule has 1 aliphatic heterocycles. The zero-order chi connectivity index (χ0) is 16.6. The maximum atomic E-state index is 12.8. The molecule has 0 bridgehead atoms. The molecule has 0 amide bonds. The third-order valence-corrected chi connectivity index (χ3v) is 7.53. The molecule has 0 radical (unpaired) electrons. The Hall–Kier alpha value is -1.57. The molecule has 1 aliphatic rings. The molecule has 2 aromatic rings. The lowest BCUT2D eigenvalue weighted by Gasteiger charge is -2.34. The minimum absolute atomic E-state index is 0.245. The van der Waals surface area contributed by atoms with Crippen LogP contribution < -0.4 is 9.47 Å². The van der Waals surface area contributed by atoms with Gasteiger partial charge in [-0.1, -0.05) is 6.07 Å². The van der Waals surface area contributed by atoms with Gasteiger partial charge in [-0.25, -0.2) is 8.42 Å². The molecule has 3 rings (SSSR count). The number of nitrogens with zero attached hydrogens (tertiary/aromatic N) is 1. The third-order valence-electron chi connectivity index (χ3n) is 4.19. The summed E-state index contributed by atoms with van der Waals surface area (Å²) in [6.07, 6.45) is 0.657. The Morgan fingerprint density at radius 1 is 1.22 bits per heavy atom. The van der Waals surface area contributed by atoms with Crippen molar-refractivity contribution in [3.8, 4) is 11.5 Å². The van der Waals surface area contributed by atoms with Gasteiger partial charge in [-0.2, -0.15) is 4.31 Å². The molecule has 2 heterocycles. The van der Waals surface area contributed by atoms with Gasteiger partial charge in [0.05, 0.1) is 14.2 Å². The van der Waals surface area contributed by atoms with Gasteiger partial charge in [0.15, 0.2) is 11.5 Å². The summed E-state index contributed by atoms with van der Waals surface area (Å²) >= 11 is 1.25. The van der Waals surface area contributed by atoms with E-state index in [0.29, 0.717) is 28.7 Å². The third kappa shape index (κ3) is 2.73. The first-order chi connectivity index (χ1) is 11.0. The molecule has 7 heteroatoms. The van der Waals surface area contributed by atoms with Crippen LogP contribution in [0.4, 0.5) is 0 Å². The number of ether oxygens (including phenoxy) is 2. The van der Waals surface area contributed by atoms with Crippen LogP contribution in [0.25, 0.3) is 0 Å². The van der Waals surface area contributed by atoms with Gasteiger partial charge < -0.3 is 9.47 Å². The maximum Gasteiger partial charge on any atom is 0.253 e. The van der Waals surface area contributed by atoms with Gasteiger partial charge in [-0.15, -0.1) is 11.3 Å². The summed E-state index contributed by atoms with van der Waals surface area (Å²) in [5.41, 5.74) is 2.07. The molecule has 0 unspecified atom stereocenters. The van der Waals surface area contributed by atoms with Crippen LogP contribution in [0.5, 0.6) is 11.5 Å². The van der Waals surface area contributed by atoms with E-state index in [1.54, 1.807) is 36.0 Å². The average Bonchev–Trinajstić information content (AvgIpc) is 3.09. The zero-order valence-corrected chi connectivity index (χ0v) is 14.9. The molecule has 1 atom stereocenters. The Morgan fingerprint density at radius 2 is 1.91 bits per heavy atom. The second-order valence-electron chi connectivity index (χ2n) is 5.38. The van der Waals surface area contributed by atoms with Crippen molar-refractivity contribution in [1.29, 1.82) is 0 Å². The van der Waals surface area contributed by atoms with Crippen LogP contribution >= 0.6 is 11.3 Å². The quantitative estimate of drug-likeness (QED) is 0.848. The normalized spacial score (nSPS) is 18.5. The summed E-state index contributed by atoms with van der Waals surface area (Å²) < 4.78 is 38.3. The monoisotopic (exact) mass is 353 g/mol. The average molecular weight is 353 g/mol. The topological polar surface area (TPSA) is 55.8 Å². The highest BCUT2D eigenvalue weighted by Gasteiger charge is 2.35. The van der Waals surface area contributed by atoms with Crippen molar-refractivity contribution in [2.24, 2.45) is 0 Å². The summed E-state index contributed by atoms with van der Waals surface area (Å²) in [7, 11) is -0.284. The molecular weight excluding hydrogens is 334 g/mol. The fraction of sp³-hybridized carbons (Fsp3) is 0.375. The van der Waals surface area contributed by atoms with E-state index in [1.165, 1.54) is 11.3 Å². The van der Waals surface area contributed by atoms with E-state index in [4.69, 9.17) is 9.47 Å². The summed E-state index contributed by atoms with van der Waals surface area (Å²) in [4.78, 5) is 0. The fourth-order valence-corrected chi connectivity index (χ4v) is 5.71. The molecule has 5 nitrogen and oxygen atoms in total. The zero-order valence-electron chi connectivity index (χ0n) is 13.3. The Bertz CT molecular complexity index is 800. The summed E-state index contributed by atoms with van der Waals surface area (Å²) in [5.74, 6) is 1.29. The Balaban J connectivity index is 2.02. The first kappa shape index (κ1) is 16.3. The van der Waals surface area contributed by atoms with Gasteiger partial charge in [0.25, 0.3) is 10.0 Å². The van der Waals surface area contributed by atoms with Gasteiger partial charge in [-0.3, -0.25) is 0 Å². The highest BCUT2D eigenvalue weighted by atomic mass is 32.2. The number of hydrogen-bond acceptors (Lipinski definition) is 5. The lowest BCUT2D eigenvalue weighted by molar-refractivity contribution is 0.319. The van der Waals surface area contributed by atoms with E-state index >= 15 is 0 Å². The van der Waals surface area contributed by atoms with Crippen LogP contribution in [-0.4, -0.2) is 33.5 Å². The largest absolute Gasteiger partial charge is 0.493 e. The van der Waals surface area contributed by atoms with E-state index in [0.717, 1.165) is 11.1 Å². The van der Waals surface area contributed by atoms with Crippen LogP contribution in [0.1, 0.15) is 24.1 Å². The van der Waals surface area contributed by atoms with Crippen LogP contribution in [0, 0.1) is 0 Å². The summed E-state index contributed by atoms with van der Waals surface area (Å²) in [5, 5.41) is 1.78. The standard InChI is InChI=1S/C16H19NO4S2/c1-11-13-10-15(21-3)14(20-2)9-12(13)6-7-17(11)23(18,19)16-5-4-8-22-16/h4-5,8-11H,6-7H2,1-3H3/t11-/m1/s1. The highest BCUT2D eigenvalue weighted by Crippen LogP contribution is 2.40. The predicted molar refractivity (Wildman–Crippen MR) is 89.9 cm³/mol. The molecule has 1 aromatic carbocycles. The number of methoxy groups -OCH3 is 2. The van der Waals surface area contributed by atoms with Gasteiger partial charge >= 0.3 is 0 Å². The highest BCUT2D eigenvalue weighted by molar-refractivity contribution is 7.91. The van der Waals surface area contributed by atoms with Gasteiger partial charge in [0, 0.05) is 12.6 Å². The first-order valence-electron chi connectivity index (χ1n) is 7.29. The molecule has 0 saturated heterocycles. The molecule has 1 aromatic heterocycles. The van der Waals surface area contributed by atoms with E-state index < -0.39 is 10.0 Å². The van der Waals surface area contributed by atoms with Crippen molar-refractivity contribution < 1.29 is 17.9 Å². The SMILES string of the molecule is COc1cc2c(cc1OC)[C@@H](C)N(S(=O)(=O)c1cccs1)CC2. The number of rotatable bonds is 4. The molecule has 0 saturated carbocycles. The van der Waals surface area contributed by atoms with E-state index in [9.17, 15) is 8.42 Å². The maximum absolute atomic E-state index is 12.8. The van der Waals surface area contributed by atoms with Crippen molar-refractivity contribution in [2.75, 3.05) is 20.8 Å². The minimum Gasteiger partial charge on any atom is -0.493 e. The van der Waals surface area contributed by atoms with Gasteiger partial charge in [0.1, 0.15) is 4.21 Å². The molecule has 0 N–H and O–H groups in total. The van der Waals surface area contributed by atoms with Crippen LogP contribution in [0.15, 0.2) is 33.9 Å². The second-order valence-corrected chi connectivity index (χ2v) is 8.44. The van der Waals surface area contributed by atoms with Crippen molar-refractivity contribution in [3.05, 3.63) is 40.8 Å². The lowest BCUT2D eigenvalue weighted by Crippen LogP contribution is -2.38. The molecule has 124 valence electrons. The summed E-state index contributed by atoms with van der Waals surface area (Å²) in [6.45, 7) is 2.37. The van der Waals surface area contributed by atoms with Crippen molar-refractivity contribution in [2.45, 2.75) is 23.6 Å². The van der Waals surface area contributed by atoms with Crippen LogP contribution in [-0.2, 0) is 16.4 Å². The Morgan fingerprint density at radius 3 is 2.52 bits per heavy atom. The van der Waals surface area contributed by atoms with Crippen molar-refractivity contribution in [3.63, 3.8) is 0 Å². The van der Waals surface area contributed by atoms with E-state index in [-0.39, 0.29) is 6.04 Å². The molecule has 0 spiro atoms. The fourth-order valence-electron chi connectivity index (χ4n) is 2.98. The summed E-state index contributed by atoms with van der Waals surface area (Å²) in [6, 6.07) is 6.99. The van der Waals surface area contributed by atoms with Gasteiger partial charge in [-0.05, 0) is 48.1 Å². The predicted octanol–water partition coefficient (Wildman–Crippen LogP) is 3.07. The Labute approximate surface area is 140 Å². The lowest BCUT2D eigenvalue weighted by atomic mass is 9.94. The molecule has 23 heavy (non-hydrogen) atoms. The molecule has 0 fully saturated rings. The van der Waals surface area contributed by atoms with E-state index in [1.807, 2.05) is 19.1 Å². The smallest absolute Gasteiger partial charge is 0.253 e. The van der Waals surface area contributed by atoms with E-state index in [2.05, 4.69) is 0 Å². The van der Waals surface area contributed by atoms with Gasteiger partial charge in [0.2, 0.25) is 0 Å². The number of sulfonamides is 1. The number of fused-ring (bicyclic) bond motifs is 1. The Kier molecular flexibility index (Phi) is 4.35. The number of thiophene rings is 1.